The highest BCUT2D eigenvalue weighted by Gasteiger charge is 2.15. The van der Waals surface area contributed by atoms with Crippen molar-refractivity contribution in [2.75, 3.05) is 33.4 Å². The Morgan fingerprint density at radius 3 is 3.05 bits per heavy atom. The number of ether oxygens (including phenoxy) is 2. The Labute approximate surface area is 133 Å². The predicted molar refractivity (Wildman–Crippen MR) is 89.2 cm³/mol. The van der Waals surface area contributed by atoms with Crippen LogP contribution in [0.5, 0.6) is 0 Å². The summed E-state index contributed by atoms with van der Waals surface area (Å²) in [6.07, 6.45) is 2.27. The third-order valence-electron chi connectivity index (χ3n) is 3.62. The third kappa shape index (κ3) is 6.03. The summed E-state index contributed by atoms with van der Waals surface area (Å²) in [5.41, 5.74) is 2.53. The average Bonchev–Trinajstić information content (AvgIpc) is 3.03. The van der Waals surface area contributed by atoms with E-state index in [-0.39, 0.29) is 0 Å². The Hall–Kier alpha value is -1.59. The van der Waals surface area contributed by atoms with Gasteiger partial charge in [0.2, 0.25) is 0 Å². The Morgan fingerprint density at radius 1 is 1.41 bits per heavy atom. The smallest absolute Gasteiger partial charge is 0.191 e. The summed E-state index contributed by atoms with van der Waals surface area (Å²) in [4.78, 5) is 4.23. The monoisotopic (exact) mass is 305 g/mol. The number of guanidine groups is 1. The van der Waals surface area contributed by atoms with Crippen molar-refractivity contribution in [2.45, 2.75) is 32.4 Å². The summed E-state index contributed by atoms with van der Waals surface area (Å²) in [6.45, 7) is 6.06. The lowest BCUT2D eigenvalue weighted by Gasteiger charge is -2.13. The zero-order chi connectivity index (χ0) is 15.6. The van der Waals surface area contributed by atoms with Crippen molar-refractivity contribution in [3.05, 3.63) is 35.4 Å². The Bertz CT molecular complexity index is 471. The summed E-state index contributed by atoms with van der Waals surface area (Å²) < 4.78 is 11.0. The predicted octanol–water partition coefficient (Wildman–Crippen LogP) is 1.86. The number of aryl methyl sites for hydroxylation is 1. The number of nitrogens with zero attached hydrogens (tertiary/aromatic N) is 1. The lowest BCUT2D eigenvalue weighted by Crippen LogP contribution is -2.37. The maximum atomic E-state index is 5.74. The van der Waals surface area contributed by atoms with Gasteiger partial charge in [-0.1, -0.05) is 29.8 Å². The lowest BCUT2D eigenvalue weighted by atomic mass is 10.1. The minimum absolute atomic E-state index is 0.291. The van der Waals surface area contributed by atoms with Crippen molar-refractivity contribution in [2.24, 2.45) is 4.99 Å². The van der Waals surface area contributed by atoms with Crippen LogP contribution in [0.2, 0.25) is 0 Å². The first-order chi connectivity index (χ1) is 10.8. The van der Waals surface area contributed by atoms with E-state index in [2.05, 4.69) is 46.8 Å². The summed E-state index contributed by atoms with van der Waals surface area (Å²) in [6, 6.07) is 8.47. The Morgan fingerprint density at radius 2 is 2.32 bits per heavy atom. The topological polar surface area (TPSA) is 54.9 Å². The zero-order valence-corrected chi connectivity index (χ0v) is 13.6. The molecule has 0 saturated carbocycles. The fraction of sp³-hybridized carbons (Fsp3) is 0.588. The second kappa shape index (κ2) is 9.43. The highest BCUT2D eigenvalue weighted by molar-refractivity contribution is 5.79. The number of aliphatic imine (C=N–C) groups is 1. The molecule has 0 radical (unpaired) electrons. The fourth-order valence-corrected chi connectivity index (χ4v) is 2.40. The van der Waals surface area contributed by atoms with Gasteiger partial charge in [-0.15, -0.1) is 0 Å². The molecule has 1 aliphatic rings. The van der Waals surface area contributed by atoms with Crippen molar-refractivity contribution in [1.82, 2.24) is 10.6 Å². The number of benzene rings is 1. The van der Waals surface area contributed by atoms with Crippen LogP contribution in [0.25, 0.3) is 0 Å². The molecule has 1 fully saturated rings. The van der Waals surface area contributed by atoms with Crippen LogP contribution < -0.4 is 10.6 Å². The van der Waals surface area contributed by atoms with E-state index >= 15 is 0 Å². The van der Waals surface area contributed by atoms with Crippen LogP contribution in [-0.2, 0) is 16.0 Å². The van der Waals surface area contributed by atoms with Gasteiger partial charge in [0.05, 0.1) is 12.7 Å². The minimum Gasteiger partial charge on any atom is -0.379 e. The van der Waals surface area contributed by atoms with E-state index in [0.29, 0.717) is 6.10 Å². The largest absolute Gasteiger partial charge is 0.379 e. The van der Waals surface area contributed by atoms with Gasteiger partial charge >= 0.3 is 0 Å². The quantitative estimate of drug-likeness (QED) is 0.459. The first-order valence-corrected chi connectivity index (χ1v) is 7.97. The number of hydrogen-bond donors (Lipinski definition) is 2. The maximum absolute atomic E-state index is 5.74. The van der Waals surface area contributed by atoms with E-state index in [1.807, 2.05) is 0 Å². The van der Waals surface area contributed by atoms with Crippen LogP contribution in [0.3, 0.4) is 0 Å². The van der Waals surface area contributed by atoms with E-state index in [0.717, 1.165) is 51.7 Å². The molecule has 0 bridgehead atoms. The molecule has 1 aromatic rings. The van der Waals surface area contributed by atoms with Gasteiger partial charge in [0.1, 0.15) is 0 Å². The molecular weight excluding hydrogens is 278 g/mol. The normalized spacial score (nSPS) is 18.5. The summed E-state index contributed by atoms with van der Waals surface area (Å²) in [5, 5.41) is 6.63. The molecule has 1 heterocycles. The van der Waals surface area contributed by atoms with E-state index in [9.17, 15) is 0 Å². The van der Waals surface area contributed by atoms with Gasteiger partial charge < -0.3 is 20.1 Å². The molecule has 0 aromatic heterocycles. The van der Waals surface area contributed by atoms with E-state index in [1.54, 1.807) is 7.05 Å². The molecule has 5 heteroatoms. The van der Waals surface area contributed by atoms with Crippen LogP contribution in [-0.4, -0.2) is 45.5 Å². The summed E-state index contributed by atoms with van der Waals surface area (Å²) >= 11 is 0. The number of hydrogen-bond acceptors (Lipinski definition) is 3. The summed E-state index contributed by atoms with van der Waals surface area (Å²) in [7, 11) is 1.79. The van der Waals surface area contributed by atoms with Crippen molar-refractivity contribution < 1.29 is 9.47 Å². The molecule has 0 spiro atoms. The lowest BCUT2D eigenvalue weighted by molar-refractivity contribution is 0.0420. The average molecular weight is 305 g/mol. The van der Waals surface area contributed by atoms with Crippen LogP contribution in [0.1, 0.15) is 24.0 Å². The molecule has 2 rings (SSSR count). The molecule has 1 aliphatic heterocycles. The molecule has 0 amide bonds. The molecule has 1 aromatic carbocycles. The van der Waals surface area contributed by atoms with E-state index < -0.39 is 0 Å². The van der Waals surface area contributed by atoms with Gasteiger partial charge in [0.25, 0.3) is 0 Å². The van der Waals surface area contributed by atoms with E-state index in [4.69, 9.17) is 9.47 Å². The van der Waals surface area contributed by atoms with Crippen molar-refractivity contribution in [1.29, 1.82) is 0 Å². The Kier molecular flexibility index (Phi) is 7.19. The molecule has 22 heavy (non-hydrogen) atoms. The molecule has 0 aliphatic carbocycles. The fourth-order valence-electron chi connectivity index (χ4n) is 2.40. The Balaban J connectivity index is 1.58. The van der Waals surface area contributed by atoms with Gasteiger partial charge in [-0.2, -0.15) is 0 Å². The van der Waals surface area contributed by atoms with Crippen molar-refractivity contribution in [3.63, 3.8) is 0 Å². The molecule has 1 saturated heterocycles. The van der Waals surface area contributed by atoms with Crippen molar-refractivity contribution in [3.8, 4) is 0 Å². The highest BCUT2D eigenvalue weighted by atomic mass is 16.5. The van der Waals surface area contributed by atoms with Crippen LogP contribution in [0.4, 0.5) is 0 Å². The molecule has 1 atom stereocenters. The SMILES string of the molecule is CN=C(NCCCOC1CCOC1)NCc1cccc(C)c1. The van der Waals surface area contributed by atoms with Gasteiger partial charge in [0.15, 0.2) is 5.96 Å². The first kappa shape index (κ1) is 16.8. The van der Waals surface area contributed by atoms with Gasteiger partial charge in [-0.3, -0.25) is 4.99 Å². The van der Waals surface area contributed by atoms with E-state index in [1.165, 1.54) is 11.1 Å². The minimum atomic E-state index is 0.291. The van der Waals surface area contributed by atoms with Crippen LogP contribution >= 0.6 is 0 Å². The molecule has 5 nitrogen and oxygen atoms in total. The molecule has 122 valence electrons. The van der Waals surface area contributed by atoms with Gasteiger partial charge in [-0.05, 0) is 25.3 Å². The second-order valence-corrected chi connectivity index (χ2v) is 5.55. The standard InChI is InChI=1S/C17H27N3O2/c1-14-5-3-6-15(11-14)12-20-17(18-2)19-8-4-9-22-16-7-10-21-13-16/h3,5-6,11,16H,4,7-10,12-13H2,1-2H3,(H2,18,19,20). The number of nitrogens with one attached hydrogen (secondary N) is 2. The number of rotatable bonds is 7. The second-order valence-electron chi connectivity index (χ2n) is 5.55. The molecule has 1 unspecified atom stereocenters. The highest BCUT2D eigenvalue weighted by Crippen LogP contribution is 2.07. The first-order valence-electron chi connectivity index (χ1n) is 7.97. The van der Waals surface area contributed by atoms with Crippen LogP contribution in [0, 0.1) is 6.92 Å². The maximum Gasteiger partial charge on any atom is 0.191 e. The van der Waals surface area contributed by atoms with Crippen LogP contribution in [0.15, 0.2) is 29.3 Å². The molecular formula is C17H27N3O2. The summed E-state index contributed by atoms with van der Waals surface area (Å²) in [5.74, 6) is 0.825. The van der Waals surface area contributed by atoms with Gasteiger partial charge in [0, 0.05) is 33.4 Å². The molecule has 2 N–H and O–H groups in total. The zero-order valence-electron chi connectivity index (χ0n) is 13.6. The third-order valence-corrected chi connectivity index (χ3v) is 3.62. The van der Waals surface area contributed by atoms with Gasteiger partial charge in [-0.25, -0.2) is 0 Å². The van der Waals surface area contributed by atoms with Crippen molar-refractivity contribution >= 4 is 5.96 Å².